The molecule has 0 aliphatic rings. The van der Waals surface area contributed by atoms with Crippen LogP contribution in [0.1, 0.15) is 11.8 Å². The minimum absolute atomic E-state index is 0.669. The van der Waals surface area contributed by atoms with Gasteiger partial charge in [0, 0.05) is 10.4 Å². The van der Waals surface area contributed by atoms with Crippen LogP contribution >= 0.6 is 11.3 Å². The summed E-state index contributed by atoms with van der Waals surface area (Å²) in [6.45, 7) is 4.73. The van der Waals surface area contributed by atoms with E-state index < -0.39 is 0 Å². The number of nitrogens with zero attached hydrogens (tertiary/aromatic N) is 1. The van der Waals surface area contributed by atoms with Crippen LogP contribution in [-0.2, 0) is 0 Å². The predicted octanol–water partition coefficient (Wildman–Crippen LogP) is 5.27. The number of hydrogen-bond donors (Lipinski definition) is 1. The third-order valence-electron chi connectivity index (χ3n) is 3.58. The fraction of sp³-hybridized carbons (Fsp3) is 0.211. The molecule has 2 aromatic carbocycles. The average molecular weight is 340 g/mol. The van der Waals surface area contributed by atoms with Gasteiger partial charge >= 0.3 is 0 Å². The van der Waals surface area contributed by atoms with Gasteiger partial charge in [0.05, 0.1) is 25.1 Å². The molecule has 5 heteroatoms. The number of anilines is 2. The molecule has 0 radical (unpaired) electrons. The highest BCUT2D eigenvalue weighted by atomic mass is 32.1. The number of aromatic nitrogens is 1. The lowest BCUT2D eigenvalue weighted by molar-refractivity contribution is 0.340. The summed E-state index contributed by atoms with van der Waals surface area (Å²) in [5.74, 6) is 1.68. The number of para-hydroxylation sites is 2. The smallest absolute Gasteiger partial charge is 0.188 e. The topological polar surface area (TPSA) is 43.4 Å². The van der Waals surface area contributed by atoms with E-state index in [1.807, 2.05) is 55.5 Å². The molecule has 0 saturated carbocycles. The molecule has 3 rings (SSSR count). The van der Waals surface area contributed by atoms with Gasteiger partial charge in [-0.2, -0.15) is 0 Å². The largest absolute Gasteiger partial charge is 0.495 e. The number of nitrogens with one attached hydrogen (secondary N) is 1. The van der Waals surface area contributed by atoms with Gasteiger partial charge in [-0.1, -0.05) is 12.1 Å². The minimum Gasteiger partial charge on any atom is -0.495 e. The molecule has 1 aromatic heterocycles. The van der Waals surface area contributed by atoms with Crippen LogP contribution in [0.25, 0.3) is 11.3 Å². The van der Waals surface area contributed by atoms with E-state index in [1.165, 1.54) is 0 Å². The standard InChI is InChI=1S/C19H20N2O2S/c1-4-23-15-11-9-14(10-12-15)18-13(2)24-19(21-18)20-16-7-5-6-8-17(16)22-3/h5-12H,4H2,1-3H3,(H,20,21). The lowest BCUT2D eigenvalue weighted by Crippen LogP contribution is -1.94. The van der Waals surface area contributed by atoms with Crippen molar-refractivity contribution in [1.82, 2.24) is 4.98 Å². The molecule has 124 valence electrons. The zero-order chi connectivity index (χ0) is 16.9. The van der Waals surface area contributed by atoms with E-state index in [-0.39, 0.29) is 0 Å². The number of hydrogen-bond acceptors (Lipinski definition) is 5. The van der Waals surface area contributed by atoms with E-state index >= 15 is 0 Å². The Kier molecular flexibility index (Phi) is 5.01. The van der Waals surface area contributed by atoms with Gasteiger partial charge in [-0.05, 0) is 50.2 Å². The summed E-state index contributed by atoms with van der Waals surface area (Å²) in [6.07, 6.45) is 0. The third-order valence-corrected chi connectivity index (χ3v) is 4.47. The van der Waals surface area contributed by atoms with Crippen molar-refractivity contribution >= 4 is 22.2 Å². The molecule has 0 bridgehead atoms. The van der Waals surface area contributed by atoms with Crippen molar-refractivity contribution in [2.24, 2.45) is 0 Å². The van der Waals surface area contributed by atoms with Gasteiger partial charge in [-0.15, -0.1) is 11.3 Å². The van der Waals surface area contributed by atoms with Crippen LogP contribution in [0, 0.1) is 6.92 Å². The number of benzene rings is 2. The fourth-order valence-electron chi connectivity index (χ4n) is 2.46. The molecule has 24 heavy (non-hydrogen) atoms. The first kappa shape index (κ1) is 16.3. The molecular weight excluding hydrogens is 320 g/mol. The van der Waals surface area contributed by atoms with E-state index in [2.05, 4.69) is 12.2 Å². The summed E-state index contributed by atoms with van der Waals surface area (Å²) in [7, 11) is 1.67. The van der Waals surface area contributed by atoms with Crippen LogP contribution in [0.5, 0.6) is 11.5 Å². The van der Waals surface area contributed by atoms with Crippen molar-refractivity contribution in [3.05, 3.63) is 53.4 Å². The number of aryl methyl sites for hydroxylation is 1. The van der Waals surface area contributed by atoms with Crippen LogP contribution in [0.2, 0.25) is 0 Å². The summed E-state index contributed by atoms with van der Waals surface area (Å²) >= 11 is 1.63. The van der Waals surface area contributed by atoms with E-state index in [0.717, 1.165) is 38.5 Å². The lowest BCUT2D eigenvalue weighted by Gasteiger charge is -2.08. The second-order valence-corrected chi connectivity index (χ2v) is 6.41. The Bertz CT molecular complexity index is 812. The van der Waals surface area contributed by atoms with Gasteiger partial charge in [0.1, 0.15) is 11.5 Å². The van der Waals surface area contributed by atoms with Gasteiger partial charge < -0.3 is 14.8 Å². The summed E-state index contributed by atoms with van der Waals surface area (Å²) in [5.41, 5.74) is 2.98. The van der Waals surface area contributed by atoms with Crippen molar-refractivity contribution in [2.75, 3.05) is 19.0 Å². The van der Waals surface area contributed by atoms with E-state index in [0.29, 0.717) is 6.61 Å². The first-order valence-electron chi connectivity index (χ1n) is 7.82. The molecular formula is C19H20N2O2S. The quantitative estimate of drug-likeness (QED) is 0.664. The number of methoxy groups -OCH3 is 1. The van der Waals surface area contributed by atoms with E-state index in [9.17, 15) is 0 Å². The first-order valence-corrected chi connectivity index (χ1v) is 8.63. The molecule has 0 fully saturated rings. The minimum atomic E-state index is 0.669. The van der Waals surface area contributed by atoms with Gasteiger partial charge in [0.15, 0.2) is 5.13 Å². The molecule has 0 unspecified atom stereocenters. The Morgan fingerprint density at radius 2 is 1.83 bits per heavy atom. The van der Waals surface area contributed by atoms with Crippen LogP contribution in [0.3, 0.4) is 0 Å². The van der Waals surface area contributed by atoms with Crippen molar-refractivity contribution in [3.63, 3.8) is 0 Å². The monoisotopic (exact) mass is 340 g/mol. The highest BCUT2D eigenvalue weighted by Crippen LogP contribution is 2.34. The number of rotatable bonds is 6. The maximum Gasteiger partial charge on any atom is 0.188 e. The maximum atomic E-state index is 5.49. The third kappa shape index (κ3) is 3.51. The predicted molar refractivity (Wildman–Crippen MR) is 99.7 cm³/mol. The average Bonchev–Trinajstić information content (AvgIpc) is 2.97. The normalized spacial score (nSPS) is 10.5. The number of thiazole rings is 1. The van der Waals surface area contributed by atoms with Crippen molar-refractivity contribution in [3.8, 4) is 22.8 Å². The van der Waals surface area contributed by atoms with Crippen LogP contribution in [0.4, 0.5) is 10.8 Å². The highest BCUT2D eigenvalue weighted by molar-refractivity contribution is 7.16. The fourth-order valence-corrected chi connectivity index (χ4v) is 3.30. The molecule has 4 nitrogen and oxygen atoms in total. The Labute approximate surface area is 146 Å². The van der Waals surface area contributed by atoms with E-state index in [4.69, 9.17) is 14.5 Å². The SMILES string of the molecule is CCOc1ccc(-c2nc(Nc3ccccc3OC)sc2C)cc1. The zero-order valence-electron chi connectivity index (χ0n) is 14.0. The second kappa shape index (κ2) is 7.36. The summed E-state index contributed by atoms with van der Waals surface area (Å²) in [6, 6.07) is 15.9. The Balaban J connectivity index is 1.84. The highest BCUT2D eigenvalue weighted by Gasteiger charge is 2.11. The number of ether oxygens (including phenoxy) is 2. The summed E-state index contributed by atoms with van der Waals surface area (Å²) in [4.78, 5) is 5.90. The summed E-state index contributed by atoms with van der Waals surface area (Å²) in [5, 5.41) is 4.19. The molecule has 1 N–H and O–H groups in total. The van der Waals surface area contributed by atoms with Crippen molar-refractivity contribution in [2.45, 2.75) is 13.8 Å². The molecule has 1 heterocycles. The second-order valence-electron chi connectivity index (χ2n) is 5.21. The van der Waals surface area contributed by atoms with Crippen molar-refractivity contribution < 1.29 is 9.47 Å². The van der Waals surface area contributed by atoms with Gasteiger partial charge in [-0.25, -0.2) is 4.98 Å². The Morgan fingerprint density at radius 1 is 1.08 bits per heavy atom. The van der Waals surface area contributed by atoms with Crippen LogP contribution in [-0.4, -0.2) is 18.7 Å². The van der Waals surface area contributed by atoms with Gasteiger partial charge in [0.2, 0.25) is 0 Å². The van der Waals surface area contributed by atoms with Gasteiger partial charge in [-0.3, -0.25) is 0 Å². The molecule has 0 atom stereocenters. The molecule has 0 amide bonds. The van der Waals surface area contributed by atoms with Crippen LogP contribution in [0.15, 0.2) is 48.5 Å². The van der Waals surface area contributed by atoms with Crippen LogP contribution < -0.4 is 14.8 Å². The molecule has 0 aliphatic heterocycles. The first-order chi connectivity index (χ1) is 11.7. The molecule has 0 aliphatic carbocycles. The Hall–Kier alpha value is -2.53. The lowest BCUT2D eigenvalue weighted by atomic mass is 10.1. The molecule has 0 saturated heterocycles. The maximum absolute atomic E-state index is 5.49. The zero-order valence-corrected chi connectivity index (χ0v) is 14.8. The molecule has 3 aromatic rings. The van der Waals surface area contributed by atoms with E-state index in [1.54, 1.807) is 18.4 Å². The Morgan fingerprint density at radius 3 is 2.54 bits per heavy atom. The van der Waals surface area contributed by atoms with Crippen molar-refractivity contribution in [1.29, 1.82) is 0 Å². The van der Waals surface area contributed by atoms with Gasteiger partial charge in [0.25, 0.3) is 0 Å². The molecule has 0 spiro atoms. The summed E-state index contributed by atoms with van der Waals surface area (Å²) < 4.78 is 10.9.